The van der Waals surface area contributed by atoms with Crippen molar-refractivity contribution in [2.45, 2.75) is 52.4 Å². The van der Waals surface area contributed by atoms with E-state index in [1.165, 1.54) is 12.0 Å². The number of halogens is 2. The van der Waals surface area contributed by atoms with Gasteiger partial charge in [0.1, 0.15) is 5.82 Å². The Labute approximate surface area is 205 Å². The van der Waals surface area contributed by atoms with E-state index >= 15 is 0 Å². The molecular formula is C26H30Cl2N4O. The Morgan fingerprint density at radius 1 is 1.06 bits per heavy atom. The van der Waals surface area contributed by atoms with Crippen molar-refractivity contribution in [3.05, 3.63) is 69.5 Å². The summed E-state index contributed by atoms with van der Waals surface area (Å²) in [5.41, 5.74) is 7.28. The molecule has 7 heteroatoms. The fourth-order valence-corrected chi connectivity index (χ4v) is 4.79. The van der Waals surface area contributed by atoms with Crippen LogP contribution in [-0.4, -0.2) is 33.6 Å². The van der Waals surface area contributed by atoms with Crippen LogP contribution in [0.15, 0.2) is 42.5 Å². The normalized spacial score (nSPS) is 14.6. The van der Waals surface area contributed by atoms with Gasteiger partial charge in [-0.15, -0.1) is 0 Å². The van der Waals surface area contributed by atoms with E-state index in [0.717, 1.165) is 42.9 Å². The van der Waals surface area contributed by atoms with Crippen LogP contribution in [0, 0.1) is 0 Å². The van der Waals surface area contributed by atoms with Gasteiger partial charge in [0.2, 0.25) is 0 Å². The lowest BCUT2D eigenvalue weighted by Crippen LogP contribution is -2.45. The highest BCUT2D eigenvalue weighted by Crippen LogP contribution is 2.34. The summed E-state index contributed by atoms with van der Waals surface area (Å²) in [6.07, 6.45) is 4.02. The maximum atomic E-state index is 13.3. The fourth-order valence-electron chi connectivity index (χ4n) is 4.30. The van der Waals surface area contributed by atoms with Crippen LogP contribution in [0.25, 0.3) is 17.1 Å². The van der Waals surface area contributed by atoms with E-state index < -0.39 is 0 Å². The van der Waals surface area contributed by atoms with Gasteiger partial charge in [0.15, 0.2) is 5.69 Å². The highest BCUT2D eigenvalue weighted by molar-refractivity contribution is 6.36. The maximum absolute atomic E-state index is 13.3. The second-order valence-electron chi connectivity index (χ2n) is 8.78. The van der Waals surface area contributed by atoms with Crippen LogP contribution >= 0.6 is 23.2 Å². The Morgan fingerprint density at radius 2 is 1.76 bits per heavy atom. The first-order chi connectivity index (χ1) is 15.9. The first-order valence-electron chi connectivity index (χ1n) is 11.6. The lowest BCUT2D eigenvalue weighted by molar-refractivity contribution is 0.0744. The van der Waals surface area contributed by atoms with Crippen molar-refractivity contribution in [3.8, 4) is 17.1 Å². The molecule has 33 heavy (non-hydrogen) atoms. The van der Waals surface area contributed by atoms with Gasteiger partial charge in [-0.3, -0.25) is 14.8 Å². The van der Waals surface area contributed by atoms with E-state index in [1.54, 1.807) is 12.1 Å². The minimum atomic E-state index is -0.183. The molecule has 1 aliphatic heterocycles. The average Bonchev–Trinajstić information content (AvgIpc) is 3.19. The number of benzene rings is 2. The summed E-state index contributed by atoms with van der Waals surface area (Å²) in [6, 6.07) is 13.8. The van der Waals surface area contributed by atoms with Gasteiger partial charge in [0.25, 0.3) is 5.91 Å². The molecule has 1 fully saturated rings. The summed E-state index contributed by atoms with van der Waals surface area (Å²) in [7, 11) is 0. The quantitative estimate of drug-likeness (QED) is 0.425. The number of imidazole rings is 1. The highest BCUT2D eigenvalue weighted by Gasteiger charge is 2.26. The predicted molar refractivity (Wildman–Crippen MR) is 135 cm³/mol. The van der Waals surface area contributed by atoms with Crippen LogP contribution in [0.4, 0.5) is 0 Å². The molecule has 1 aromatic heterocycles. The number of hydrogen-bond donors (Lipinski definition) is 1. The minimum Gasteiger partial charge on any atom is -0.296 e. The zero-order valence-corrected chi connectivity index (χ0v) is 20.9. The molecule has 0 aliphatic carbocycles. The number of hydrogen-bond acceptors (Lipinski definition) is 3. The SMILES string of the molecule is CCc1c(C(=O)NN2CCCCC2)nc(-c2ccc(Cl)cc2Cl)n1-c1ccc(C(C)C)cc1. The smallest absolute Gasteiger partial charge is 0.286 e. The summed E-state index contributed by atoms with van der Waals surface area (Å²) in [4.78, 5) is 18.2. The van der Waals surface area contributed by atoms with Crippen molar-refractivity contribution < 1.29 is 4.79 Å². The number of carbonyl (C=O) groups excluding carboxylic acids is 1. The standard InChI is InChI=1S/C26H30Cl2N4O/c1-4-23-24(26(33)30-31-14-6-5-7-15-31)29-25(21-13-10-19(27)16-22(21)28)32(23)20-11-8-18(9-12-20)17(2)3/h8-13,16-17H,4-7,14-15H2,1-3H3,(H,30,33). The van der Waals surface area contributed by atoms with Crippen LogP contribution in [0.3, 0.4) is 0 Å². The topological polar surface area (TPSA) is 50.2 Å². The number of piperidine rings is 1. The molecule has 0 bridgehead atoms. The van der Waals surface area contributed by atoms with Gasteiger partial charge in [0.05, 0.1) is 10.7 Å². The summed E-state index contributed by atoms with van der Waals surface area (Å²) >= 11 is 12.7. The van der Waals surface area contributed by atoms with E-state index in [0.29, 0.717) is 33.9 Å². The highest BCUT2D eigenvalue weighted by atomic mass is 35.5. The third kappa shape index (κ3) is 5.11. The van der Waals surface area contributed by atoms with E-state index in [1.807, 2.05) is 22.6 Å². The molecular weight excluding hydrogens is 455 g/mol. The third-order valence-corrected chi connectivity index (χ3v) is 6.68. The number of hydrazine groups is 1. The van der Waals surface area contributed by atoms with E-state index in [9.17, 15) is 4.79 Å². The van der Waals surface area contributed by atoms with E-state index in [-0.39, 0.29) is 5.91 Å². The Hall–Kier alpha value is -2.34. The van der Waals surface area contributed by atoms with Crippen LogP contribution in [0.5, 0.6) is 0 Å². The second kappa shape index (κ2) is 10.3. The summed E-state index contributed by atoms with van der Waals surface area (Å²) in [6.45, 7) is 8.11. The number of amides is 1. The zero-order valence-electron chi connectivity index (χ0n) is 19.4. The molecule has 3 aromatic rings. The average molecular weight is 485 g/mol. The first-order valence-corrected chi connectivity index (χ1v) is 12.4. The molecule has 0 unspecified atom stereocenters. The Balaban J connectivity index is 1.83. The molecule has 0 atom stereocenters. The number of nitrogens with one attached hydrogen (secondary N) is 1. The fraction of sp³-hybridized carbons (Fsp3) is 0.385. The van der Waals surface area contributed by atoms with Gasteiger partial charge >= 0.3 is 0 Å². The van der Waals surface area contributed by atoms with Crippen molar-refractivity contribution in [1.82, 2.24) is 20.0 Å². The number of nitrogens with zero attached hydrogens (tertiary/aromatic N) is 3. The predicted octanol–water partition coefficient (Wildman–Crippen LogP) is 6.66. The van der Waals surface area contributed by atoms with Crippen molar-refractivity contribution in [2.24, 2.45) is 0 Å². The first kappa shape index (κ1) is 23.8. The lowest BCUT2D eigenvalue weighted by Gasteiger charge is -2.26. The van der Waals surface area contributed by atoms with Gasteiger partial charge in [-0.1, -0.05) is 62.5 Å². The molecule has 0 radical (unpaired) electrons. The molecule has 1 N–H and O–H groups in total. The molecule has 5 nitrogen and oxygen atoms in total. The number of carbonyl (C=O) groups is 1. The Bertz CT molecular complexity index is 1130. The van der Waals surface area contributed by atoms with Gasteiger partial charge in [-0.2, -0.15) is 0 Å². The molecule has 2 heterocycles. The summed E-state index contributed by atoms with van der Waals surface area (Å²) in [5, 5.41) is 3.05. The monoisotopic (exact) mass is 484 g/mol. The molecule has 2 aromatic carbocycles. The molecule has 0 spiro atoms. The summed E-state index contributed by atoms with van der Waals surface area (Å²) in [5.74, 6) is 0.885. The molecule has 0 saturated carbocycles. The number of rotatable bonds is 6. The van der Waals surface area contributed by atoms with Crippen molar-refractivity contribution >= 4 is 29.1 Å². The van der Waals surface area contributed by atoms with Gasteiger partial charge < -0.3 is 0 Å². The van der Waals surface area contributed by atoms with Crippen LogP contribution in [0.2, 0.25) is 10.0 Å². The van der Waals surface area contributed by atoms with Gasteiger partial charge in [0, 0.05) is 29.4 Å². The third-order valence-electron chi connectivity index (χ3n) is 6.13. The van der Waals surface area contributed by atoms with E-state index in [2.05, 4.69) is 43.5 Å². The second-order valence-corrected chi connectivity index (χ2v) is 9.62. The van der Waals surface area contributed by atoms with Crippen LogP contribution in [0.1, 0.15) is 67.7 Å². The molecule has 1 saturated heterocycles. The Kier molecular flexibility index (Phi) is 7.42. The van der Waals surface area contributed by atoms with Gasteiger partial charge in [-0.05, 0) is 61.1 Å². The van der Waals surface area contributed by atoms with E-state index in [4.69, 9.17) is 28.2 Å². The van der Waals surface area contributed by atoms with Gasteiger partial charge in [-0.25, -0.2) is 9.99 Å². The molecule has 1 aliphatic rings. The van der Waals surface area contributed by atoms with Crippen molar-refractivity contribution in [2.75, 3.05) is 13.1 Å². The molecule has 174 valence electrons. The molecule has 1 amide bonds. The lowest BCUT2D eigenvalue weighted by atomic mass is 10.0. The van der Waals surface area contributed by atoms with Crippen LogP contribution in [-0.2, 0) is 6.42 Å². The van der Waals surface area contributed by atoms with Crippen molar-refractivity contribution in [3.63, 3.8) is 0 Å². The Morgan fingerprint density at radius 3 is 2.36 bits per heavy atom. The largest absolute Gasteiger partial charge is 0.296 e. The minimum absolute atomic E-state index is 0.183. The van der Waals surface area contributed by atoms with Crippen molar-refractivity contribution in [1.29, 1.82) is 0 Å². The summed E-state index contributed by atoms with van der Waals surface area (Å²) < 4.78 is 2.05. The maximum Gasteiger partial charge on any atom is 0.286 e. The zero-order chi connectivity index (χ0) is 23.5. The molecule has 4 rings (SSSR count). The number of aromatic nitrogens is 2. The van der Waals surface area contributed by atoms with Crippen LogP contribution < -0.4 is 5.43 Å².